The Morgan fingerprint density at radius 1 is 1.31 bits per heavy atom. The van der Waals surface area contributed by atoms with Gasteiger partial charge in [-0.2, -0.15) is 0 Å². The lowest BCUT2D eigenvalue weighted by molar-refractivity contribution is 0.0664. The molecule has 0 unspecified atom stereocenters. The van der Waals surface area contributed by atoms with E-state index >= 15 is 0 Å². The summed E-state index contributed by atoms with van der Waals surface area (Å²) in [6.45, 7) is 4.02. The fourth-order valence-corrected chi connectivity index (χ4v) is 2.02. The van der Waals surface area contributed by atoms with E-state index in [0.29, 0.717) is 0 Å². The van der Waals surface area contributed by atoms with E-state index in [1.807, 2.05) is 18.3 Å². The van der Waals surface area contributed by atoms with Gasteiger partial charge in [0.05, 0.1) is 0 Å². The van der Waals surface area contributed by atoms with Crippen LogP contribution < -0.4 is 5.32 Å². The average molecular weight is 220 g/mol. The van der Waals surface area contributed by atoms with Crippen molar-refractivity contribution >= 4 is 0 Å². The maximum Gasteiger partial charge on any atom is 0.0469 e. The van der Waals surface area contributed by atoms with Crippen LogP contribution in [-0.2, 0) is 11.2 Å². The molecule has 1 aromatic rings. The molecule has 0 amide bonds. The van der Waals surface area contributed by atoms with Gasteiger partial charge in [-0.05, 0) is 37.4 Å². The van der Waals surface area contributed by atoms with Gasteiger partial charge in [0.1, 0.15) is 0 Å². The van der Waals surface area contributed by atoms with Crippen LogP contribution in [0.1, 0.15) is 18.5 Å². The number of hydrogen-bond donors (Lipinski definition) is 1. The summed E-state index contributed by atoms with van der Waals surface area (Å²) in [6.07, 6.45) is 5.28. The third-order valence-corrected chi connectivity index (χ3v) is 3.06. The Labute approximate surface area is 97.2 Å². The van der Waals surface area contributed by atoms with Crippen LogP contribution >= 0.6 is 0 Å². The third-order valence-electron chi connectivity index (χ3n) is 3.06. The minimum Gasteiger partial charge on any atom is -0.381 e. The summed E-state index contributed by atoms with van der Waals surface area (Å²) in [5, 5.41) is 3.51. The molecule has 2 heterocycles. The minimum atomic E-state index is 0.803. The number of nitrogens with zero attached hydrogens (tertiary/aromatic N) is 1. The number of aromatic nitrogens is 1. The molecule has 3 heteroatoms. The third kappa shape index (κ3) is 3.91. The molecule has 0 aromatic carbocycles. The van der Waals surface area contributed by atoms with Gasteiger partial charge in [0.25, 0.3) is 0 Å². The summed E-state index contributed by atoms with van der Waals surface area (Å²) in [5.74, 6) is 0.803. The lowest BCUT2D eigenvalue weighted by atomic mass is 10.0. The SMILES string of the molecule is c1ccc(CCNCC2CCOCC2)nc1. The zero-order valence-corrected chi connectivity index (χ0v) is 9.69. The molecule has 2 rings (SSSR count). The highest BCUT2D eigenvalue weighted by Crippen LogP contribution is 2.12. The molecule has 1 fully saturated rings. The van der Waals surface area contributed by atoms with Gasteiger partial charge < -0.3 is 10.1 Å². The van der Waals surface area contributed by atoms with Gasteiger partial charge in [-0.25, -0.2) is 0 Å². The number of hydrogen-bond acceptors (Lipinski definition) is 3. The number of ether oxygens (including phenoxy) is 1. The van der Waals surface area contributed by atoms with Crippen LogP contribution in [-0.4, -0.2) is 31.3 Å². The summed E-state index contributed by atoms with van der Waals surface area (Å²) >= 11 is 0. The van der Waals surface area contributed by atoms with Crippen LogP contribution in [0.4, 0.5) is 0 Å². The van der Waals surface area contributed by atoms with Crippen LogP contribution in [0, 0.1) is 5.92 Å². The first-order valence-corrected chi connectivity index (χ1v) is 6.13. The summed E-state index contributed by atoms with van der Waals surface area (Å²) in [4.78, 5) is 4.30. The number of rotatable bonds is 5. The first kappa shape index (κ1) is 11.6. The molecule has 16 heavy (non-hydrogen) atoms. The highest BCUT2D eigenvalue weighted by Gasteiger charge is 2.12. The van der Waals surface area contributed by atoms with Gasteiger partial charge in [-0.3, -0.25) is 4.98 Å². The van der Waals surface area contributed by atoms with Gasteiger partial charge in [-0.1, -0.05) is 6.07 Å². The number of pyridine rings is 1. The molecule has 1 aliphatic rings. The van der Waals surface area contributed by atoms with Crippen LogP contribution in [0.5, 0.6) is 0 Å². The van der Waals surface area contributed by atoms with Crippen LogP contribution in [0.3, 0.4) is 0 Å². The first-order valence-electron chi connectivity index (χ1n) is 6.13. The second-order valence-electron chi connectivity index (χ2n) is 4.33. The van der Waals surface area contributed by atoms with Gasteiger partial charge in [0.2, 0.25) is 0 Å². The van der Waals surface area contributed by atoms with Crippen molar-refractivity contribution in [2.45, 2.75) is 19.3 Å². The highest BCUT2D eigenvalue weighted by molar-refractivity contribution is 5.03. The van der Waals surface area contributed by atoms with Crippen molar-refractivity contribution in [3.8, 4) is 0 Å². The Kier molecular flexibility index (Phi) is 4.77. The van der Waals surface area contributed by atoms with Crippen molar-refractivity contribution in [2.24, 2.45) is 5.92 Å². The quantitative estimate of drug-likeness (QED) is 0.766. The Bertz CT molecular complexity index is 283. The molecular weight excluding hydrogens is 200 g/mol. The maximum atomic E-state index is 5.34. The standard InChI is InChI=1S/C13H20N2O/c1-2-7-15-13(3-1)4-8-14-11-12-5-9-16-10-6-12/h1-3,7,12,14H,4-6,8-11H2. The minimum absolute atomic E-state index is 0.803. The molecule has 0 aliphatic carbocycles. The smallest absolute Gasteiger partial charge is 0.0469 e. The predicted octanol–water partition coefficient (Wildman–Crippen LogP) is 1.64. The van der Waals surface area contributed by atoms with E-state index in [-0.39, 0.29) is 0 Å². The Balaban J connectivity index is 1.58. The second-order valence-corrected chi connectivity index (χ2v) is 4.33. The summed E-state index contributed by atoms with van der Waals surface area (Å²) in [7, 11) is 0. The topological polar surface area (TPSA) is 34.1 Å². The van der Waals surface area contributed by atoms with Gasteiger partial charge in [0.15, 0.2) is 0 Å². The molecule has 3 nitrogen and oxygen atoms in total. The molecule has 1 saturated heterocycles. The average Bonchev–Trinajstić information content (AvgIpc) is 2.37. The van der Waals surface area contributed by atoms with Gasteiger partial charge in [0, 0.05) is 38.1 Å². The molecule has 0 saturated carbocycles. The van der Waals surface area contributed by atoms with Crippen LogP contribution in [0.25, 0.3) is 0 Å². The highest BCUT2D eigenvalue weighted by atomic mass is 16.5. The largest absolute Gasteiger partial charge is 0.381 e. The molecule has 0 atom stereocenters. The van der Waals surface area contributed by atoms with Crippen molar-refractivity contribution < 1.29 is 4.74 Å². The van der Waals surface area contributed by atoms with E-state index in [4.69, 9.17) is 4.74 Å². The Morgan fingerprint density at radius 3 is 2.94 bits per heavy atom. The monoisotopic (exact) mass is 220 g/mol. The molecule has 1 aliphatic heterocycles. The summed E-state index contributed by atoms with van der Waals surface area (Å²) < 4.78 is 5.34. The second kappa shape index (κ2) is 6.61. The van der Waals surface area contributed by atoms with E-state index in [2.05, 4.69) is 16.4 Å². The fourth-order valence-electron chi connectivity index (χ4n) is 2.02. The molecule has 1 N–H and O–H groups in total. The molecule has 0 spiro atoms. The lowest BCUT2D eigenvalue weighted by Crippen LogP contribution is -2.29. The van der Waals surface area contributed by atoms with Crippen molar-refractivity contribution in [2.75, 3.05) is 26.3 Å². The molecule has 0 bridgehead atoms. The van der Waals surface area contributed by atoms with Gasteiger partial charge in [-0.15, -0.1) is 0 Å². The Hall–Kier alpha value is -0.930. The molecule has 88 valence electrons. The fraction of sp³-hybridized carbons (Fsp3) is 0.615. The summed E-state index contributed by atoms with van der Waals surface area (Å²) in [5.41, 5.74) is 1.17. The van der Waals surface area contributed by atoms with E-state index in [9.17, 15) is 0 Å². The maximum absolute atomic E-state index is 5.34. The van der Waals surface area contributed by atoms with Crippen molar-refractivity contribution in [1.29, 1.82) is 0 Å². The van der Waals surface area contributed by atoms with Gasteiger partial charge >= 0.3 is 0 Å². The van der Waals surface area contributed by atoms with E-state index in [1.165, 1.54) is 18.5 Å². The van der Waals surface area contributed by atoms with Crippen molar-refractivity contribution in [3.63, 3.8) is 0 Å². The normalized spacial score (nSPS) is 17.5. The predicted molar refractivity (Wildman–Crippen MR) is 64.4 cm³/mol. The Morgan fingerprint density at radius 2 is 2.19 bits per heavy atom. The summed E-state index contributed by atoms with van der Waals surface area (Å²) in [6, 6.07) is 6.08. The number of nitrogens with one attached hydrogen (secondary N) is 1. The van der Waals surface area contributed by atoms with E-state index in [1.54, 1.807) is 0 Å². The van der Waals surface area contributed by atoms with E-state index in [0.717, 1.165) is 38.6 Å². The molecule has 1 aromatic heterocycles. The first-order chi connectivity index (χ1) is 7.95. The zero-order valence-electron chi connectivity index (χ0n) is 9.69. The zero-order chi connectivity index (χ0) is 11.1. The lowest BCUT2D eigenvalue weighted by Gasteiger charge is -2.22. The van der Waals surface area contributed by atoms with Crippen LogP contribution in [0.15, 0.2) is 24.4 Å². The molecule has 0 radical (unpaired) electrons. The van der Waals surface area contributed by atoms with Crippen molar-refractivity contribution in [1.82, 2.24) is 10.3 Å². The van der Waals surface area contributed by atoms with Crippen LogP contribution in [0.2, 0.25) is 0 Å². The van der Waals surface area contributed by atoms with Crippen molar-refractivity contribution in [3.05, 3.63) is 30.1 Å². The van der Waals surface area contributed by atoms with E-state index < -0.39 is 0 Å². The molecular formula is C13H20N2O.